The number of nitriles is 1. The molecule has 1 atom stereocenters. The average molecular weight is 284 g/mol. The summed E-state index contributed by atoms with van der Waals surface area (Å²) in [5.74, 6) is -1.24. The molecule has 2 aromatic rings. The summed E-state index contributed by atoms with van der Waals surface area (Å²) in [5, 5.41) is 11.5. The van der Waals surface area contributed by atoms with Gasteiger partial charge in [-0.2, -0.15) is 5.26 Å². The lowest BCUT2D eigenvalue weighted by Gasteiger charge is -2.02. The SMILES string of the molecule is Cc1csc(C(C#N)C(=O)c2scnc2Cl)n1. The number of ketones is 1. The maximum atomic E-state index is 12.1. The number of aryl methyl sites for hydroxylation is 1. The third-order valence-electron chi connectivity index (χ3n) is 2.02. The largest absolute Gasteiger partial charge is 0.291 e. The molecule has 1 unspecified atom stereocenters. The Balaban J connectivity index is 2.36. The fourth-order valence-corrected chi connectivity index (χ4v) is 3.07. The van der Waals surface area contributed by atoms with Crippen LogP contribution in [0.4, 0.5) is 0 Å². The van der Waals surface area contributed by atoms with Gasteiger partial charge in [0.25, 0.3) is 0 Å². The summed E-state index contributed by atoms with van der Waals surface area (Å²) < 4.78 is 0. The first-order valence-corrected chi connectivity index (χ1v) is 6.72. The summed E-state index contributed by atoms with van der Waals surface area (Å²) in [4.78, 5) is 20.4. The van der Waals surface area contributed by atoms with Crippen LogP contribution in [0.3, 0.4) is 0 Å². The van der Waals surface area contributed by atoms with Crippen LogP contribution in [-0.2, 0) is 0 Å². The van der Waals surface area contributed by atoms with Crippen molar-refractivity contribution in [1.29, 1.82) is 5.26 Å². The van der Waals surface area contributed by atoms with Gasteiger partial charge >= 0.3 is 0 Å². The third-order valence-corrected chi connectivity index (χ3v) is 4.29. The highest BCUT2D eigenvalue weighted by Crippen LogP contribution is 2.28. The Morgan fingerprint density at radius 3 is 2.82 bits per heavy atom. The minimum absolute atomic E-state index is 0.147. The van der Waals surface area contributed by atoms with Crippen molar-refractivity contribution in [1.82, 2.24) is 9.97 Å². The van der Waals surface area contributed by atoms with E-state index in [0.717, 1.165) is 17.0 Å². The molecule has 4 nitrogen and oxygen atoms in total. The molecule has 0 saturated heterocycles. The molecule has 0 N–H and O–H groups in total. The smallest absolute Gasteiger partial charge is 0.200 e. The van der Waals surface area contributed by atoms with Crippen molar-refractivity contribution in [3.05, 3.63) is 31.6 Å². The zero-order valence-electron chi connectivity index (χ0n) is 8.68. The average Bonchev–Trinajstić information content (AvgIpc) is 2.88. The molecule has 2 aromatic heterocycles. The maximum absolute atomic E-state index is 12.1. The van der Waals surface area contributed by atoms with E-state index >= 15 is 0 Å². The molecule has 0 aromatic carbocycles. The molecular formula is C10H6ClN3OS2. The summed E-state index contributed by atoms with van der Waals surface area (Å²) in [6.45, 7) is 1.82. The Kier molecular flexibility index (Phi) is 3.52. The summed E-state index contributed by atoms with van der Waals surface area (Å²) in [6.07, 6.45) is 0. The van der Waals surface area contributed by atoms with Crippen molar-refractivity contribution < 1.29 is 4.79 Å². The summed E-state index contributed by atoms with van der Waals surface area (Å²) in [6, 6.07) is 1.97. The van der Waals surface area contributed by atoms with E-state index in [2.05, 4.69) is 9.97 Å². The van der Waals surface area contributed by atoms with E-state index in [1.807, 2.05) is 13.0 Å². The molecule has 0 saturated carbocycles. The van der Waals surface area contributed by atoms with Crippen molar-refractivity contribution in [2.75, 3.05) is 0 Å². The van der Waals surface area contributed by atoms with E-state index in [1.165, 1.54) is 16.8 Å². The molecule has 0 aliphatic heterocycles. The molecule has 0 spiro atoms. The van der Waals surface area contributed by atoms with Gasteiger partial charge in [-0.15, -0.1) is 22.7 Å². The van der Waals surface area contributed by atoms with Crippen molar-refractivity contribution in [2.24, 2.45) is 0 Å². The highest BCUT2D eigenvalue weighted by Gasteiger charge is 2.27. The van der Waals surface area contributed by atoms with Gasteiger partial charge in [-0.05, 0) is 6.92 Å². The quantitative estimate of drug-likeness (QED) is 0.812. The van der Waals surface area contributed by atoms with Gasteiger partial charge in [0.1, 0.15) is 9.88 Å². The topological polar surface area (TPSA) is 66.6 Å². The number of hydrogen-bond acceptors (Lipinski definition) is 6. The minimum Gasteiger partial charge on any atom is -0.291 e. The van der Waals surface area contributed by atoms with Crippen LogP contribution in [-0.4, -0.2) is 15.8 Å². The standard InChI is InChI=1S/C10H6ClN3OS2/c1-5-3-16-10(14-5)6(2-12)7(15)8-9(11)13-4-17-8/h3-4,6H,1H3. The second-order valence-electron chi connectivity index (χ2n) is 3.23. The molecule has 0 aliphatic carbocycles. The summed E-state index contributed by atoms with van der Waals surface area (Å²) in [7, 11) is 0. The first kappa shape index (κ1) is 12.2. The number of hydrogen-bond donors (Lipinski definition) is 0. The highest BCUT2D eigenvalue weighted by atomic mass is 35.5. The van der Waals surface area contributed by atoms with Crippen LogP contribution < -0.4 is 0 Å². The lowest BCUT2D eigenvalue weighted by atomic mass is 10.1. The number of halogens is 1. The molecule has 86 valence electrons. The van der Waals surface area contributed by atoms with Crippen molar-refractivity contribution >= 4 is 40.1 Å². The number of nitrogens with zero attached hydrogens (tertiary/aromatic N) is 3. The van der Waals surface area contributed by atoms with Gasteiger partial charge in [0, 0.05) is 11.1 Å². The maximum Gasteiger partial charge on any atom is 0.200 e. The Hall–Kier alpha value is -1.29. The van der Waals surface area contributed by atoms with Crippen LogP contribution in [0.5, 0.6) is 0 Å². The third kappa shape index (κ3) is 2.36. The van der Waals surface area contributed by atoms with E-state index in [0.29, 0.717) is 9.88 Å². The molecule has 17 heavy (non-hydrogen) atoms. The Labute approximate surface area is 111 Å². The summed E-state index contributed by atoms with van der Waals surface area (Å²) in [5.41, 5.74) is 2.28. The van der Waals surface area contributed by atoms with Crippen molar-refractivity contribution in [2.45, 2.75) is 12.8 Å². The van der Waals surface area contributed by atoms with E-state index in [-0.39, 0.29) is 10.9 Å². The van der Waals surface area contributed by atoms with Gasteiger partial charge in [0.15, 0.2) is 16.9 Å². The normalized spacial score (nSPS) is 12.1. The Bertz CT molecular complexity index is 599. The fraction of sp³-hybridized carbons (Fsp3) is 0.200. The van der Waals surface area contributed by atoms with Gasteiger partial charge in [-0.25, -0.2) is 9.97 Å². The number of carbonyl (C=O) groups excluding carboxylic acids is 1. The monoisotopic (exact) mass is 283 g/mol. The first-order valence-electron chi connectivity index (χ1n) is 4.58. The van der Waals surface area contributed by atoms with Gasteiger partial charge in [0.2, 0.25) is 0 Å². The van der Waals surface area contributed by atoms with Crippen LogP contribution in [0.1, 0.15) is 26.3 Å². The number of thiazole rings is 2. The molecular weight excluding hydrogens is 278 g/mol. The Morgan fingerprint density at radius 1 is 1.59 bits per heavy atom. The minimum atomic E-state index is -0.897. The van der Waals surface area contributed by atoms with Crippen LogP contribution in [0.25, 0.3) is 0 Å². The predicted octanol–water partition coefficient (Wildman–Crippen LogP) is 3.05. The lowest BCUT2D eigenvalue weighted by molar-refractivity contribution is 0.0982. The second-order valence-corrected chi connectivity index (χ2v) is 5.33. The van der Waals surface area contributed by atoms with Gasteiger partial charge < -0.3 is 0 Å². The zero-order chi connectivity index (χ0) is 12.4. The predicted molar refractivity (Wildman–Crippen MR) is 66.7 cm³/mol. The number of aromatic nitrogens is 2. The number of rotatable bonds is 3. The number of Topliss-reactive ketones (excluding diaryl/α,β-unsaturated/α-hetero) is 1. The molecule has 0 bridgehead atoms. The van der Waals surface area contributed by atoms with Crippen molar-refractivity contribution in [3.8, 4) is 6.07 Å². The van der Waals surface area contributed by atoms with E-state index in [1.54, 1.807) is 5.38 Å². The fourth-order valence-electron chi connectivity index (χ4n) is 1.25. The highest BCUT2D eigenvalue weighted by molar-refractivity contribution is 7.12. The Morgan fingerprint density at radius 2 is 2.35 bits per heavy atom. The number of carbonyl (C=O) groups is 1. The van der Waals surface area contributed by atoms with Crippen molar-refractivity contribution in [3.63, 3.8) is 0 Å². The molecule has 0 amide bonds. The van der Waals surface area contributed by atoms with Crippen LogP contribution in [0.2, 0.25) is 5.15 Å². The molecule has 0 fully saturated rings. The first-order chi connectivity index (χ1) is 8.13. The van der Waals surface area contributed by atoms with E-state index < -0.39 is 5.92 Å². The van der Waals surface area contributed by atoms with E-state index in [4.69, 9.17) is 16.9 Å². The molecule has 0 aliphatic rings. The van der Waals surface area contributed by atoms with E-state index in [9.17, 15) is 4.79 Å². The second kappa shape index (κ2) is 4.92. The van der Waals surface area contributed by atoms with Gasteiger partial charge in [-0.3, -0.25) is 4.79 Å². The van der Waals surface area contributed by atoms with Gasteiger partial charge in [-0.1, -0.05) is 11.6 Å². The molecule has 2 heterocycles. The van der Waals surface area contributed by atoms with Crippen LogP contribution in [0.15, 0.2) is 10.9 Å². The zero-order valence-corrected chi connectivity index (χ0v) is 11.1. The molecule has 0 radical (unpaired) electrons. The summed E-state index contributed by atoms with van der Waals surface area (Å²) >= 11 is 8.22. The molecule has 7 heteroatoms. The van der Waals surface area contributed by atoms with Gasteiger partial charge in [0.05, 0.1) is 11.6 Å². The molecule has 2 rings (SSSR count). The van der Waals surface area contributed by atoms with Crippen LogP contribution in [0, 0.1) is 18.3 Å². The van der Waals surface area contributed by atoms with Crippen LogP contribution >= 0.6 is 34.3 Å². The lowest BCUT2D eigenvalue weighted by Crippen LogP contribution is -2.10.